The monoisotopic (exact) mass is 581 g/mol. The number of halogens is 2. The van der Waals surface area contributed by atoms with E-state index in [1.807, 2.05) is 36.4 Å². The van der Waals surface area contributed by atoms with Crippen LogP contribution in [0.2, 0.25) is 10.0 Å². The number of amides is 3. The Labute approximate surface area is 244 Å². The Balaban J connectivity index is 1.60. The van der Waals surface area contributed by atoms with E-state index in [4.69, 9.17) is 34.7 Å². The number of nitrogens with zero attached hydrogens (tertiary/aromatic N) is 3. The molecule has 0 bridgehead atoms. The van der Waals surface area contributed by atoms with Crippen molar-refractivity contribution < 1.29 is 14.4 Å². The molecule has 210 valence electrons. The van der Waals surface area contributed by atoms with Gasteiger partial charge in [-0.05, 0) is 66.9 Å². The number of likely N-dealkylation sites (tertiary alicyclic amines) is 1. The zero-order chi connectivity index (χ0) is 28.8. The van der Waals surface area contributed by atoms with E-state index in [0.717, 1.165) is 42.6 Å². The van der Waals surface area contributed by atoms with Gasteiger partial charge in [-0.3, -0.25) is 14.4 Å². The van der Waals surface area contributed by atoms with E-state index in [1.54, 1.807) is 47.2 Å². The fourth-order valence-corrected chi connectivity index (χ4v) is 5.35. The Kier molecular flexibility index (Phi) is 9.68. The summed E-state index contributed by atoms with van der Waals surface area (Å²) >= 11 is 12.3. The number of primary amides is 2. The summed E-state index contributed by atoms with van der Waals surface area (Å²) in [4.78, 5) is 43.1. The van der Waals surface area contributed by atoms with Gasteiger partial charge < -0.3 is 26.2 Å². The summed E-state index contributed by atoms with van der Waals surface area (Å²) in [7, 11) is 1.77. The summed E-state index contributed by atoms with van der Waals surface area (Å²) in [5, 5.41) is 0.694. The maximum absolute atomic E-state index is 13.7. The molecule has 4 rings (SSSR count). The third kappa shape index (κ3) is 7.13. The Morgan fingerprint density at radius 3 is 2.20 bits per heavy atom. The number of anilines is 1. The lowest BCUT2D eigenvalue weighted by atomic mass is 9.96. The van der Waals surface area contributed by atoms with Crippen molar-refractivity contribution in [3.8, 4) is 11.1 Å². The van der Waals surface area contributed by atoms with Crippen LogP contribution in [0.4, 0.5) is 5.69 Å². The van der Waals surface area contributed by atoms with E-state index < -0.39 is 11.8 Å². The highest BCUT2D eigenvalue weighted by atomic mass is 35.5. The number of hydrogen-bond donors (Lipinski definition) is 2. The van der Waals surface area contributed by atoms with Crippen LogP contribution in [0.3, 0.4) is 0 Å². The quantitative estimate of drug-likeness (QED) is 0.349. The Bertz CT molecular complexity index is 1380. The first kappa shape index (κ1) is 29.4. The van der Waals surface area contributed by atoms with Crippen LogP contribution in [0, 0.1) is 0 Å². The molecule has 0 radical (unpaired) electrons. The number of hydrogen-bond acceptors (Lipinski definition) is 5. The molecule has 0 saturated carbocycles. The zero-order valence-electron chi connectivity index (χ0n) is 22.4. The van der Waals surface area contributed by atoms with Crippen molar-refractivity contribution in [2.24, 2.45) is 11.5 Å². The maximum Gasteiger partial charge on any atom is 0.249 e. The second-order valence-electron chi connectivity index (χ2n) is 9.98. The van der Waals surface area contributed by atoms with Crippen molar-refractivity contribution in [1.82, 2.24) is 9.80 Å². The molecule has 1 atom stereocenters. The summed E-state index contributed by atoms with van der Waals surface area (Å²) in [6.07, 6.45) is 2.24. The Hall–Kier alpha value is -3.59. The molecule has 1 aliphatic heterocycles. The molecule has 3 aromatic rings. The molecule has 1 heterocycles. The Morgan fingerprint density at radius 1 is 0.900 bits per heavy atom. The Morgan fingerprint density at radius 2 is 1.57 bits per heavy atom. The van der Waals surface area contributed by atoms with Crippen molar-refractivity contribution in [3.05, 3.63) is 87.9 Å². The minimum absolute atomic E-state index is 0.0715. The van der Waals surface area contributed by atoms with Gasteiger partial charge in [0.1, 0.15) is 0 Å². The molecule has 8 nitrogen and oxygen atoms in total. The average Bonchev–Trinajstić information content (AvgIpc) is 3.46. The number of likely N-dealkylation sites (N-methyl/N-ethyl adjacent to an activating group) is 1. The van der Waals surface area contributed by atoms with Gasteiger partial charge in [-0.2, -0.15) is 0 Å². The highest BCUT2D eigenvalue weighted by Gasteiger charge is 2.27. The van der Waals surface area contributed by atoms with Gasteiger partial charge in [0.05, 0.1) is 29.2 Å². The van der Waals surface area contributed by atoms with Crippen LogP contribution >= 0.6 is 23.2 Å². The standard InChI is InChI=1S/C30H33Cl2N5O3/c1-35(29(39)19-37(18-28(33)38)22-12-13-25(31)26(32)16-22)27(17-36-14-4-5-15-36)21-10-8-20(9-11-21)23-6-2-3-7-24(23)30(34)40/h2-3,6-13,16,27H,4-5,14-15,17-19H2,1H3,(H2,33,38)(H2,34,40)/t27-/m0/s1. The molecule has 3 amide bonds. The molecular formula is C30H33Cl2N5O3. The van der Waals surface area contributed by atoms with Crippen molar-refractivity contribution in [3.63, 3.8) is 0 Å². The highest BCUT2D eigenvalue weighted by Crippen LogP contribution is 2.30. The number of carbonyl (C=O) groups is 3. The van der Waals surface area contributed by atoms with E-state index >= 15 is 0 Å². The summed E-state index contributed by atoms with van der Waals surface area (Å²) in [5.74, 6) is -1.24. The molecule has 10 heteroatoms. The molecule has 0 spiro atoms. The molecule has 1 aliphatic rings. The van der Waals surface area contributed by atoms with E-state index in [2.05, 4.69) is 4.90 Å². The molecule has 3 aromatic carbocycles. The average molecular weight is 583 g/mol. The first-order valence-electron chi connectivity index (χ1n) is 13.1. The van der Waals surface area contributed by atoms with Gasteiger partial charge in [-0.25, -0.2) is 0 Å². The largest absolute Gasteiger partial charge is 0.368 e. The minimum Gasteiger partial charge on any atom is -0.368 e. The van der Waals surface area contributed by atoms with Crippen molar-refractivity contribution in [2.75, 3.05) is 44.7 Å². The summed E-state index contributed by atoms with van der Waals surface area (Å²) < 4.78 is 0. The third-order valence-corrected chi connectivity index (χ3v) is 7.97. The molecular weight excluding hydrogens is 549 g/mol. The molecule has 0 aromatic heterocycles. The van der Waals surface area contributed by atoms with Crippen LogP contribution in [0.15, 0.2) is 66.7 Å². The number of rotatable bonds is 11. The summed E-state index contributed by atoms with van der Waals surface area (Å²) in [5.41, 5.74) is 14.7. The van der Waals surface area contributed by atoms with Crippen LogP contribution in [-0.4, -0.2) is 67.3 Å². The lowest BCUT2D eigenvalue weighted by Crippen LogP contribution is -2.45. The van der Waals surface area contributed by atoms with E-state index in [9.17, 15) is 14.4 Å². The molecule has 40 heavy (non-hydrogen) atoms. The van der Waals surface area contributed by atoms with Gasteiger partial charge in [-0.1, -0.05) is 65.7 Å². The van der Waals surface area contributed by atoms with Crippen LogP contribution < -0.4 is 16.4 Å². The van der Waals surface area contributed by atoms with Gasteiger partial charge in [0.25, 0.3) is 0 Å². The minimum atomic E-state index is -0.568. The SMILES string of the molecule is CN(C(=O)CN(CC(N)=O)c1ccc(Cl)c(Cl)c1)[C@@H](CN1CCCC1)c1ccc(-c2ccccc2C(N)=O)cc1. The second kappa shape index (κ2) is 13.2. The fourth-order valence-electron chi connectivity index (χ4n) is 5.05. The topological polar surface area (TPSA) is 113 Å². The highest BCUT2D eigenvalue weighted by molar-refractivity contribution is 6.42. The van der Waals surface area contributed by atoms with Gasteiger partial charge in [0, 0.05) is 24.8 Å². The fraction of sp³-hybridized carbons (Fsp3) is 0.300. The van der Waals surface area contributed by atoms with Gasteiger partial charge in [0.2, 0.25) is 17.7 Å². The van der Waals surface area contributed by atoms with Crippen LogP contribution in [-0.2, 0) is 9.59 Å². The smallest absolute Gasteiger partial charge is 0.249 e. The van der Waals surface area contributed by atoms with E-state index in [0.29, 0.717) is 27.8 Å². The molecule has 4 N–H and O–H groups in total. The van der Waals surface area contributed by atoms with E-state index in [1.165, 1.54) is 0 Å². The van der Waals surface area contributed by atoms with Gasteiger partial charge >= 0.3 is 0 Å². The molecule has 0 unspecified atom stereocenters. The number of benzene rings is 3. The van der Waals surface area contributed by atoms with Crippen LogP contribution in [0.5, 0.6) is 0 Å². The first-order chi connectivity index (χ1) is 19.1. The number of nitrogens with two attached hydrogens (primary N) is 2. The van der Waals surface area contributed by atoms with E-state index in [-0.39, 0.29) is 25.0 Å². The lowest BCUT2D eigenvalue weighted by molar-refractivity contribution is -0.131. The maximum atomic E-state index is 13.7. The molecule has 1 saturated heterocycles. The van der Waals surface area contributed by atoms with Crippen molar-refractivity contribution in [2.45, 2.75) is 18.9 Å². The molecule has 1 fully saturated rings. The number of carbonyl (C=O) groups excluding carboxylic acids is 3. The van der Waals surface area contributed by atoms with Gasteiger partial charge in [0.15, 0.2) is 0 Å². The predicted octanol–water partition coefficient (Wildman–Crippen LogP) is 4.35. The lowest BCUT2D eigenvalue weighted by Gasteiger charge is -2.34. The normalized spacial score (nSPS) is 14.1. The third-order valence-electron chi connectivity index (χ3n) is 7.23. The zero-order valence-corrected chi connectivity index (χ0v) is 23.9. The van der Waals surface area contributed by atoms with Crippen LogP contribution in [0.25, 0.3) is 11.1 Å². The molecule has 0 aliphatic carbocycles. The summed E-state index contributed by atoms with van der Waals surface area (Å²) in [6.45, 7) is 2.39. The first-order valence-corrected chi connectivity index (χ1v) is 13.8. The second-order valence-corrected chi connectivity index (χ2v) is 10.8. The van der Waals surface area contributed by atoms with Gasteiger partial charge in [-0.15, -0.1) is 0 Å². The predicted molar refractivity (Wildman–Crippen MR) is 159 cm³/mol. The summed E-state index contributed by atoms with van der Waals surface area (Å²) in [6, 6.07) is 19.8. The van der Waals surface area contributed by atoms with Crippen molar-refractivity contribution in [1.29, 1.82) is 0 Å². The van der Waals surface area contributed by atoms with Crippen molar-refractivity contribution >= 4 is 46.6 Å². The van der Waals surface area contributed by atoms with Crippen LogP contribution in [0.1, 0.15) is 34.8 Å².